The van der Waals surface area contributed by atoms with Crippen molar-refractivity contribution < 1.29 is 19.4 Å². The summed E-state index contributed by atoms with van der Waals surface area (Å²) in [5.74, 6) is -0.602. The van der Waals surface area contributed by atoms with Crippen LogP contribution in [-0.4, -0.2) is 42.4 Å². The summed E-state index contributed by atoms with van der Waals surface area (Å²) < 4.78 is 5.25. The van der Waals surface area contributed by atoms with E-state index in [1.54, 1.807) is 0 Å². The largest absolute Gasteiger partial charge is 0.481 e. The summed E-state index contributed by atoms with van der Waals surface area (Å²) in [5.41, 5.74) is 0. The van der Waals surface area contributed by atoms with Gasteiger partial charge in [0.1, 0.15) is 0 Å². The number of urea groups is 1. The summed E-state index contributed by atoms with van der Waals surface area (Å²) in [6, 6.07) is -0.280. The van der Waals surface area contributed by atoms with E-state index in [0.29, 0.717) is 19.1 Å². The molecule has 2 aliphatic carbocycles. The van der Waals surface area contributed by atoms with Gasteiger partial charge in [0.05, 0.1) is 5.92 Å². The van der Waals surface area contributed by atoms with E-state index in [0.717, 1.165) is 32.1 Å². The van der Waals surface area contributed by atoms with E-state index in [4.69, 9.17) is 4.74 Å². The zero-order valence-electron chi connectivity index (χ0n) is 11.5. The number of carbonyl (C=O) groups is 2. The molecular formula is C14H22N2O4. The SMILES string of the molecule is O=C(NC1CCOCC1)NC1C2CCC(C2)C1C(=O)O. The first-order valence-corrected chi connectivity index (χ1v) is 7.52. The van der Waals surface area contributed by atoms with Gasteiger partial charge in [-0.05, 0) is 43.9 Å². The highest BCUT2D eigenvalue weighted by Gasteiger charge is 2.51. The highest BCUT2D eigenvalue weighted by atomic mass is 16.5. The number of hydrogen-bond donors (Lipinski definition) is 3. The molecule has 1 saturated heterocycles. The topological polar surface area (TPSA) is 87.7 Å². The summed E-state index contributed by atoms with van der Waals surface area (Å²) in [5, 5.41) is 15.2. The minimum absolute atomic E-state index is 0.144. The Bertz CT molecular complexity index is 395. The molecule has 2 saturated carbocycles. The van der Waals surface area contributed by atoms with Gasteiger partial charge in [0, 0.05) is 25.3 Å². The van der Waals surface area contributed by atoms with Gasteiger partial charge < -0.3 is 20.5 Å². The van der Waals surface area contributed by atoms with Crippen molar-refractivity contribution in [2.75, 3.05) is 13.2 Å². The van der Waals surface area contributed by atoms with Crippen LogP contribution < -0.4 is 10.6 Å². The summed E-state index contributed by atoms with van der Waals surface area (Å²) >= 11 is 0. The standard InChI is InChI=1S/C14H22N2O4/c17-13(18)11-8-1-2-9(7-8)12(11)16-14(19)15-10-3-5-20-6-4-10/h8-12H,1-7H2,(H,17,18)(H2,15,16,19). The smallest absolute Gasteiger partial charge is 0.315 e. The molecule has 6 heteroatoms. The summed E-state index contributed by atoms with van der Waals surface area (Å²) in [7, 11) is 0. The van der Waals surface area contributed by atoms with Gasteiger partial charge in [0.15, 0.2) is 0 Å². The third-order valence-corrected chi connectivity index (χ3v) is 5.06. The molecule has 0 aromatic rings. The van der Waals surface area contributed by atoms with Crippen LogP contribution in [0, 0.1) is 17.8 Å². The summed E-state index contributed by atoms with van der Waals surface area (Å²) in [6.07, 6.45) is 4.62. The Hall–Kier alpha value is -1.30. The fraction of sp³-hybridized carbons (Fsp3) is 0.857. The predicted molar refractivity (Wildman–Crippen MR) is 71.3 cm³/mol. The lowest BCUT2D eigenvalue weighted by molar-refractivity contribution is -0.144. The van der Waals surface area contributed by atoms with Gasteiger partial charge >= 0.3 is 12.0 Å². The Morgan fingerprint density at radius 2 is 1.70 bits per heavy atom. The molecule has 0 aromatic heterocycles. The molecule has 4 atom stereocenters. The van der Waals surface area contributed by atoms with Crippen LogP contribution in [-0.2, 0) is 9.53 Å². The lowest BCUT2D eigenvalue weighted by atomic mass is 9.84. The van der Waals surface area contributed by atoms with Gasteiger partial charge in [0.2, 0.25) is 0 Å². The fourth-order valence-electron chi connectivity index (χ4n) is 4.07. The van der Waals surface area contributed by atoms with Crippen molar-refractivity contribution in [3.63, 3.8) is 0 Å². The number of carbonyl (C=O) groups excluding carboxylic acids is 1. The van der Waals surface area contributed by atoms with Crippen molar-refractivity contribution in [2.24, 2.45) is 17.8 Å². The molecular weight excluding hydrogens is 260 g/mol. The Labute approximate surface area is 118 Å². The molecule has 1 aliphatic heterocycles. The lowest BCUT2D eigenvalue weighted by Crippen LogP contribution is -2.52. The first-order valence-electron chi connectivity index (χ1n) is 7.52. The summed E-state index contributed by atoms with van der Waals surface area (Å²) in [6.45, 7) is 1.35. The molecule has 2 bridgehead atoms. The molecule has 3 aliphatic rings. The Morgan fingerprint density at radius 1 is 1.00 bits per heavy atom. The molecule has 112 valence electrons. The molecule has 3 N–H and O–H groups in total. The second-order valence-electron chi connectivity index (χ2n) is 6.23. The van der Waals surface area contributed by atoms with Crippen LogP contribution >= 0.6 is 0 Å². The zero-order chi connectivity index (χ0) is 14.1. The van der Waals surface area contributed by atoms with Gasteiger partial charge in [-0.2, -0.15) is 0 Å². The second kappa shape index (κ2) is 5.60. The number of hydrogen-bond acceptors (Lipinski definition) is 3. The van der Waals surface area contributed by atoms with Crippen LogP contribution in [0.25, 0.3) is 0 Å². The first-order chi connectivity index (χ1) is 9.65. The van der Waals surface area contributed by atoms with E-state index < -0.39 is 11.9 Å². The molecule has 0 spiro atoms. The van der Waals surface area contributed by atoms with Crippen molar-refractivity contribution in [1.82, 2.24) is 10.6 Å². The minimum atomic E-state index is -0.770. The zero-order valence-corrected chi connectivity index (χ0v) is 11.5. The van der Waals surface area contributed by atoms with Gasteiger partial charge in [-0.15, -0.1) is 0 Å². The maximum atomic E-state index is 12.1. The molecule has 0 aromatic carbocycles. The minimum Gasteiger partial charge on any atom is -0.481 e. The molecule has 2 amide bonds. The van der Waals surface area contributed by atoms with E-state index >= 15 is 0 Å². The third kappa shape index (κ3) is 2.61. The quantitative estimate of drug-likeness (QED) is 0.719. The Kier molecular flexibility index (Phi) is 3.83. The van der Waals surface area contributed by atoms with Crippen molar-refractivity contribution in [3.8, 4) is 0 Å². The molecule has 1 heterocycles. The molecule has 20 heavy (non-hydrogen) atoms. The number of amides is 2. The van der Waals surface area contributed by atoms with Crippen LogP contribution in [0.15, 0.2) is 0 Å². The van der Waals surface area contributed by atoms with Crippen LogP contribution in [0.5, 0.6) is 0 Å². The van der Waals surface area contributed by atoms with E-state index in [-0.39, 0.29) is 24.0 Å². The Morgan fingerprint density at radius 3 is 2.40 bits per heavy atom. The van der Waals surface area contributed by atoms with Gasteiger partial charge in [-0.25, -0.2) is 4.79 Å². The van der Waals surface area contributed by atoms with Crippen molar-refractivity contribution in [1.29, 1.82) is 0 Å². The van der Waals surface area contributed by atoms with E-state index in [1.165, 1.54) is 0 Å². The van der Waals surface area contributed by atoms with Crippen LogP contribution in [0.2, 0.25) is 0 Å². The molecule has 0 radical (unpaired) electrons. The average Bonchev–Trinajstić information content (AvgIpc) is 3.00. The van der Waals surface area contributed by atoms with Crippen LogP contribution in [0.3, 0.4) is 0 Å². The van der Waals surface area contributed by atoms with E-state index in [2.05, 4.69) is 10.6 Å². The number of carboxylic acid groups (broad SMARTS) is 1. The van der Waals surface area contributed by atoms with E-state index in [1.807, 2.05) is 0 Å². The third-order valence-electron chi connectivity index (χ3n) is 5.06. The van der Waals surface area contributed by atoms with E-state index in [9.17, 15) is 14.7 Å². The first kappa shape index (κ1) is 13.7. The number of ether oxygens (including phenoxy) is 1. The lowest BCUT2D eigenvalue weighted by Gasteiger charge is -2.30. The van der Waals surface area contributed by atoms with Crippen LogP contribution in [0.1, 0.15) is 32.1 Å². The number of aliphatic carboxylic acids is 1. The highest BCUT2D eigenvalue weighted by Crippen LogP contribution is 2.48. The maximum Gasteiger partial charge on any atom is 0.315 e. The van der Waals surface area contributed by atoms with Crippen molar-refractivity contribution in [2.45, 2.75) is 44.2 Å². The monoisotopic (exact) mass is 282 g/mol. The molecule has 3 rings (SSSR count). The van der Waals surface area contributed by atoms with Crippen molar-refractivity contribution >= 4 is 12.0 Å². The molecule has 6 nitrogen and oxygen atoms in total. The average molecular weight is 282 g/mol. The number of fused-ring (bicyclic) bond motifs is 2. The van der Waals surface area contributed by atoms with Gasteiger partial charge in [-0.1, -0.05) is 0 Å². The number of carboxylic acids is 1. The van der Waals surface area contributed by atoms with Gasteiger partial charge in [-0.3, -0.25) is 4.79 Å². The number of nitrogens with one attached hydrogen (secondary N) is 2. The van der Waals surface area contributed by atoms with Crippen molar-refractivity contribution in [3.05, 3.63) is 0 Å². The fourth-order valence-corrected chi connectivity index (χ4v) is 4.07. The number of rotatable bonds is 3. The highest BCUT2D eigenvalue weighted by molar-refractivity contribution is 5.77. The van der Waals surface area contributed by atoms with Gasteiger partial charge in [0.25, 0.3) is 0 Å². The normalized spacial score (nSPS) is 36.8. The second-order valence-corrected chi connectivity index (χ2v) is 6.23. The predicted octanol–water partition coefficient (Wildman–Crippen LogP) is 0.964. The molecule has 4 unspecified atom stereocenters. The van der Waals surface area contributed by atoms with Crippen LogP contribution in [0.4, 0.5) is 4.79 Å². The Balaban J connectivity index is 1.56. The maximum absolute atomic E-state index is 12.1. The summed E-state index contributed by atoms with van der Waals surface area (Å²) in [4.78, 5) is 23.4. The molecule has 3 fully saturated rings.